The van der Waals surface area contributed by atoms with Gasteiger partial charge in [-0.3, -0.25) is 9.80 Å². The maximum absolute atomic E-state index is 12.9. The Hall–Kier alpha value is -2.88. The SMILES string of the molecule is C[C@@H]1CN(c2cnc(C(F)(F)F)cn2)C[C@@H](C)N1C(=O)OCC1CC2(C1)CN(Cc1ccccc1)C2. The van der Waals surface area contributed by atoms with Crippen molar-refractivity contribution in [3.8, 4) is 0 Å². The van der Waals surface area contributed by atoms with Crippen LogP contribution in [0.25, 0.3) is 0 Å². The molecule has 0 radical (unpaired) electrons. The maximum atomic E-state index is 12.9. The van der Waals surface area contributed by atoms with Crippen LogP contribution >= 0.6 is 0 Å². The van der Waals surface area contributed by atoms with Gasteiger partial charge >= 0.3 is 12.3 Å². The zero-order valence-electron chi connectivity index (χ0n) is 20.6. The number of piperazine rings is 1. The van der Waals surface area contributed by atoms with Gasteiger partial charge in [0.25, 0.3) is 0 Å². The molecule has 0 N–H and O–H groups in total. The number of ether oxygens (including phenoxy) is 1. The van der Waals surface area contributed by atoms with Gasteiger partial charge in [0, 0.05) is 32.7 Å². The van der Waals surface area contributed by atoms with Crippen molar-refractivity contribution in [2.75, 3.05) is 37.7 Å². The molecule has 36 heavy (non-hydrogen) atoms. The van der Waals surface area contributed by atoms with Crippen LogP contribution in [0.15, 0.2) is 42.7 Å². The molecule has 2 saturated heterocycles. The fourth-order valence-electron chi connectivity index (χ4n) is 6.16. The second-order valence-electron chi connectivity index (χ2n) is 10.7. The highest BCUT2D eigenvalue weighted by atomic mass is 19.4. The normalized spacial score (nSPS) is 24.4. The Labute approximate surface area is 209 Å². The number of benzene rings is 1. The molecule has 194 valence electrons. The van der Waals surface area contributed by atoms with Gasteiger partial charge in [0.2, 0.25) is 0 Å². The number of alkyl halides is 3. The van der Waals surface area contributed by atoms with E-state index >= 15 is 0 Å². The fraction of sp³-hybridized carbons (Fsp3) is 0.577. The average Bonchev–Trinajstić information content (AvgIpc) is 2.78. The second kappa shape index (κ2) is 9.53. The third-order valence-electron chi connectivity index (χ3n) is 7.64. The molecule has 10 heteroatoms. The number of carbonyl (C=O) groups is 1. The number of carbonyl (C=O) groups excluding carboxylic acids is 1. The van der Waals surface area contributed by atoms with E-state index in [1.807, 2.05) is 24.8 Å². The Morgan fingerprint density at radius 1 is 1.06 bits per heavy atom. The fourth-order valence-corrected chi connectivity index (χ4v) is 6.16. The first-order valence-electron chi connectivity index (χ1n) is 12.5. The lowest BCUT2D eigenvalue weighted by atomic mass is 9.58. The first-order valence-corrected chi connectivity index (χ1v) is 12.5. The van der Waals surface area contributed by atoms with E-state index in [1.165, 1.54) is 5.56 Å². The summed E-state index contributed by atoms with van der Waals surface area (Å²) >= 11 is 0. The van der Waals surface area contributed by atoms with Gasteiger partial charge < -0.3 is 9.64 Å². The van der Waals surface area contributed by atoms with Gasteiger partial charge in [-0.2, -0.15) is 13.2 Å². The predicted octanol–water partition coefficient (Wildman–Crippen LogP) is 4.44. The second-order valence-corrected chi connectivity index (χ2v) is 10.7. The molecule has 1 amide bonds. The lowest BCUT2D eigenvalue weighted by Crippen LogP contribution is -2.62. The number of halogens is 3. The van der Waals surface area contributed by atoms with Gasteiger partial charge in [0.05, 0.1) is 31.1 Å². The van der Waals surface area contributed by atoms with Crippen molar-refractivity contribution in [2.24, 2.45) is 11.3 Å². The molecule has 3 aliphatic rings. The molecular formula is C26H32F3N5O2. The van der Waals surface area contributed by atoms with E-state index in [2.05, 4.69) is 39.1 Å². The number of rotatable bonds is 5. The molecule has 3 fully saturated rings. The van der Waals surface area contributed by atoms with Gasteiger partial charge in [-0.25, -0.2) is 14.8 Å². The molecule has 5 rings (SSSR count). The van der Waals surface area contributed by atoms with E-state index in [0.717, 1.165) is 44.9 Å². The molecule has 0 bridgehead atoms. The first kappa shape index (κ1) is 24.8. The number of anilines is 1. The Bertz CT molecular complexity index is 1040. The summed E-state index contributed by atoms with van der Waals surface area (Å²) in [5.41, 5.74) is 0.713. The maximum Gasteiger partial charge on any atom is 0.434 e. The standard InChI is InChI=1S/C26H32F3N5O2/c1-18-12-33(23-11-30-22(10-31-23)26(27,28)29)13-19(2)34(18)24(35)36-15-21-8-25(9-21)16-32(17-25)14-20-6-4-3-5-7-20/h3-7,10-11,18-19,21H,8-9,12-17H2,1-2H3/t18-,19-/m1/s1. The van der Waals surface area contributed by atoms with Crippen molar-refractivity contribution in [2.45, 2.75) is 51.5 Å². The van der Waals surface area contributed by atoms with E-state index in [4.69, 9.17) is 4.74 Å². The summed E-state index contributed by atoms with van der Waals surface area (Å²) in [4.78, 5) is 26.4. The molecule has 2 atom stereocenters. The van der Waals surface area contributed by atoms with Crippen LogP contribution in [0.1, 0.15) is 37.9 Å². The average molecular weight is 504 g/mol. The van der Waals surface area contributed by atoms with Crippen LogP contribution in [0.5, 0.6) is 0 Å². The number of hydrogen-bond donors (Lipinski definition) is 0. The largest absolute Gasteiger partial charge is 0.449 e. The van der Waals surface area contributed by atoms with Crippen LogP contribution in [-0.4, -0.2) is 70.7 Å². The van der Waals surface area contributed by atoms with E-state index in [0.29, 0.717) is 36.8 Å². The van der Waals surface area contributed by atoms with Gasteiger partial charge in [0.15, 0.2) is 5.69 Å². The van der Waals surface area contributed by atoms with E-state index in [-0.39, 0.29) is 18.2 Å². The zero-order valence-corrected chi connectivity index (χ0v) is 20.6. The molecule has 1 aromatic carbocycles. The van der Waals surface area contributed by atoms with Crippen molar-refractivity contribution < 1.29 is 22.7 Å². The topological polar surface area (TPSA) is 61.8 Å². The number of nitrogens with zero attached hydrogens (tertiary/aromatic N) is 5. The van der Waals surface area contributed by atoms with E-state index in [9.17, 15) is 18.0 Å². The highest BCUT2D eigenvalue weighted by Crippen LogP contribution is 2.52. The Kier molecular flexibility index (Phi) is 6.57. The highest BCUT2D eigenvalue weighted by molar-refractivity contribution is 5.69. The Morgan fingerprint density at radius 2 is 1.72 bits per heavy atom. The first-order chi connectivity index (χ1) is 17.1. The van der Waals surface area contributed by atoms with Crippen molar-refractivity contribution in [1.29, 1.82) is 0 Å². The van der Waals surface area contributed by atoms with Crippen molar-refractivity contribution in [3.05, 3.63) is 54.0 Å². The molecule has 1 saturated carbocycles. The third kappa shape index (κ3) is 5.14. The van der Waals surface area contributed by atoms with Crippen molar-refractivity contribution in [3.63, 3.8) is 0 Å². The van der Waals surface area contributed by atoms with Crippen molar-refractivity contribution in [1.82, 2.24) is 19.8 Å². The summed E-state index contributed by atoms with van der Waals surface area (Å²) in [5, 5.41) is 0. The molecule has 2 aliphatic heterocycles. The monoisotopic (exact) mass is 503 g/mol. The van der Waals surface area contributed by atoms with Crippen LogP contribution in [0.4, 0.5) is 23.8 Å². The lowest BCUT2D eigenvalue weighted by molar-refractivity contribution is -0.141. The lowest BCUT2D eigenvalue weighted by Gasteiger charge is -2.59. The van der Waals surface area contributed by atoms with Crippen LogP contribution in [0, 0.1) is 11.3 Å². The molecule has 1 aliphatic carbocycles. The minimum atomic E-state index is -4.52. The Morgan fingerprint density at radius 3 is 2.31 bits per heavy atom. The minimum absolute atomic E-state index is 0.170. The number of hydrogen-bond acceptors (Lipinski definition) is 6. The predicted molar refractivity (Wildman–Crippen MR) is 128 cm³/mol. The van der Waals surface area contributed by atoms with Gasteiger partial charge in [-0.05, 0) is 43.6 Å². The molecule has 3 heterocycles. The summed E-state index contributed by atoms with van der Waals surface area (Å²) in [6, 6.07) is 10.2. The van der Waals surface area contributed by atoms with Gasteiger partial charge in [-0.1, -0.05) is 30.3 Å². The summed E-state index contributed by atoms with van der Waals surface area (Å²) < 4.78 is 44.0. The molecule has 1 spiro atoms. The molecular weight excluding hydrogens is 471 g/mol. The van der Waals surface area contributed by atoms with Gasteiger partial charge in [0.1, 0.15) is 5.82 Å². The third-order valence-corrected chi connectivity index (χ3v) is 7.64. The number of amides is 1. The number of likely N-dealkylation sites (tertiary alicyclic amines) is 1. The quantitative estimate of drug-likeness (QED) is 0.601. The van der Waals surface area contributed by atoms with Crippen LogP contribution < -0.4 is 4.90 Å². The summed E-state index contributed by atoms with van der Waals surface area (Å²) in [5.74, 6) is 0.776. The van der Waals surface area contributed by atoms with Crippen LogP contribution in [0.3, 0.4) is 0 Å². The van der Waals surface area contributed by atoms with Crippen LogP contribution in [0.2, 0.25) is 0 Å². The molecule has 2 aromatic rings. The smallest absolute Gasteiger partial charge is 0.434 e. The van der Waals surface area contributed by atoms with Gasteiger partial charge in [-0.15, -0.1) is 0 Å². The summed E-state index contributed by atoms with van der Waals surface area (Å²) in [7, 11) is 0. The van der Waals surface area contributed by atoms with E-state index in [1.54, 1.807) is 4.90 Å². The zero-order chi connectivity index (χ0) is 25.5. The molecule has 0 unspecified atom stereocenters. The van der Waals surface area contributed by atoms with Crippen LogP contribution in [-0.2, 0) is 17.5 Å². The molecule has 1 aromatic heterocycles. The van der Waals surface area contributed by atoms with E-state index < -0.39 is 11.9 Å². The molecule has 7 nitrogen and oxygen atoms in total. The highest BCUT2D eigenvalue weighted by Gasteiger charge is 2.52. The summed E-state index contributed by atoms with van der Waals surface area (Å²) in [6.07, 6.45) is -0.763. The summed E-state index contributed by atoms with van der Waals surface area (Å²) in [6.45, 7) is 8.35. The Balaban J connectivity index is 1.06. The van der Waals surface area contributed by atoms with Crippen molar-refractivity contribution >= 4 is 11.9 Å². The number of aromatic nitrogens is 2. The minimum Gasteiger partial charge on any atom is -0.449 e.